The van der Waals surface area contributed by atoms with E-state index >= 15 is 0 Å². The van der Waals surface area contributed by atoms with Crippen molar-refractivity contribution in [2.45, 2.75) is 64.1 Å². The van der Waals surface area contributed by atoms with Crippen LogP contribution in [0.2, 0.25) is 0 Å². The summed E-state index contributed by atoms with van der Waals surface area (Å²) in [5.74, 6) is 0.298. The van der Waals surface area contributed by atoms with E-state index in [4.69, 9.17) is 0 Å². The maximum absolute atomic E-state index is 12.3. The molecule has 120 valence electrons. The summed E-state index contributed by atoms with van der Waals surface area (Å²) in [4.78, 5) is 0.385. The van der Waals surface area contributed by atoms with Gasteiger partial charge in [-0.25, -0.2) is 13.1 Å². The first-order valence-electron chi connectivity index (χ1n) is 7.73. The van der Waals surface area contributed by atoms with Crippen LogP contribution in [0.15, 0.2) is 17.2 Å². The van der Waals surface area contributed by atoms with E-state index in [-0.39, 0.29) is 0 Å². The molecule has 0 unspecified atom stereocenters. The maximum atomic E-state index is 12.3. The van der Waals surface area contributed by atoms with Gasteiger partial charge in [-0.05, 0) is 24.8 Å². The van der Waals surface area contributed by atoms with Crippen molar-refractivity contribution in [2.24, 2.45) is 5.92 Å². The third-order valence-corrected chi connectivity index (χ3v) is 4.92. The summed E-state index contributed by atoms with van der Waals surface area (Å²) in [6.45, 7) is 9.34. The summed E-state index contributed by atoms with van der Waals surface area (Å²) in [5, 5.41) is 3.36. The zero-order valence-electron chi connectivity index (χ0n) is 13.4. The number of hydrogen-bond acceptors (Lipinski definition) is 3. The van der Waals surface area contributed by atoms with Crippen LogP contribution in [0.4, 0.5) is 0 Å². The van der Waals surface area contributed by atoms with Crippen molar-refractivity contribution in [2.75, 3.05) is 6.54 Å². The lowest BCUT2D eigenvalue weighted by atomic mass is 10.2. The zero-order valence-corrected chi connectivity index (χ0v) is 14.2. The number of sulfonamides is 1. The van der Waals surface area contributed by atoms with Crippen LogP contribution in [-0.4, -0.2) is 25.6 Å². The first-order valence-corrected chi connectivity index (χ1v) is 9.21. The van der Waals surface area contributed by atoms with E-state index in [0.29, 0.717) is 36.0 Å². The van der Waals surface area contributed by atoms with Gasteiger partial charge in [-0.1, -0.05) is 27.7 Å². The quantitative estimate of drug-likeness (QED) is 0.774. The van der Waals surface area contributed by atoms with Crippen LogP contribution in [0.1, 0.15) is 52.3 Å². The Kier molecular flexibility index (Phi) is 5.11. The molecule has 0 saturated heterocycles. The van der Waals surface area contributed by atoms with Gasteiger partial charge in [-0.15, -0.1) is 0 Å². The number of nitrogens with zero attached hydrogens (tertiary/aromatic N) is 1. The molecule has 1 aliphatic rings. The fraction of sp³-hybridized carbons (Fsp3) is 0.733. The highest BCUT2D eigenvalue weighted by molar-refractivity contribution is 7.89. The van der Waals surface area contributed by atoms with Gasteiger partial charge < -0.3 is 9.88 Å². The van der Waals surface area contributed by atoms with Gasteiger partial charge in [0.25, 0.3) is 0 Å². The normalized spacial score (nSPS) is 16.1. The van der Waals surface area contributed by atoms with E-state index < -0.39 is 10.0 Å². The summed E-state index contributed by atoms with van der Waals surface area (Å²) < 4.78 is 29.5. The summed E-state index contributed by atoms with van der Waals surface area (Å²) in [6.07, 6.45) is 4.07. The summed E-state index contributed by atoms with van der Waals surface area (Å²) in [7, 11) is -3.40. The van der Waals surface area contributed by atoms with Gasteiger partial charge in [0.15, 0.2) is 0 Å². The lowest BCUT2D eigenvalue weighted by Gasteiger charge is -2.10. The molecule has 2 rings (SSSR count). The Morgan fingerprint density at radius 3 is 2.48 bits per heavy atom. The fourth-order valence-electron chi connectivity index (χ4n) is 2.15. The van der Waals surface area contributed by atoms with Crippen LogP contribution in [0.25, 0.3) is 0 Å². The number of aromatic nitrogens is 1. The Labute approximate surface area is 128 Å². The lowest BCUT2D eigenvalue weighted by molar-refractivity contribution is 0.557. The van der Waals surface area contributed by atoms with E-state index in [1.807, 2.05) is 13.8 Å². The van der Waals surface area contributed by atoms with Gasteiger partial charge in [0.2, 0.25) is 10.0 Å². The van der Waals surface area contributed by atoms with Crippen molar-refractivity contribution in [1.29, 1.82) is 0 Å². The first kappa shape index (κ1) is 16.5. The summed E-state index contributed by atoms with van der Waals surface area (Å²) in [6, 6.07) is 2.66. The molecule has 0 atom stereocenters. The first-order chi connectivity index (χ1) is 9.79. The molecule has 1 aromatic heterocycles. The highest BCUT2D eigenvalue weighted by atomic mass is 32.2. The lowest BCUT2D eigenvalue weighted by Crippen LogP contribution is -2.27. The SMILES string of the molecule is CC(C)CNS(=O)(=O)c1cc(CNC(C)C)n(C2CC2)c1. The minimum Gasteiger partial charge on any atom is -0.346 e. The predicted octanol–water partition coefficient (Wildman–Crippen LogP) is 2.26. The second-order valence-electron chi connectivity index (χ2n) is 6.59. The summed E-state index contributed by atoms with van der Waals surface area (Å²) >= 11 is 0. The minimum absolute atomic E-state index is 0.298. The van der Waals surface area contributed by atoms with E-state index in [1.165, 1.54) is 0 Å². The predicted molar refractivity (Wildman–Crippen MR) is 84.7 cm³/mol. The number of hydrogen-bond donors (Lipinski definition) is 2. The Morgan fingerprint density at radius 2 is 1.95 bits per heavy atom. The topological polar surface area (TPSA) is 63.1 Å². The molecule has 1 heterocycles. The largest absolute Gasteiger partial charge is 0.346 e. The molecule has 1 aliphatic carbocycles. The van der Waals surface area contributed by atoms with Crippen LogP contribution < -0.4 is 10.0 Å². The van der Waals surface area contributed by atoms with Gasteiger partial charge in [0.05, 0.1) is 4.90 Å². The van der Waals surface area contributed by atoms with Gasteiger partial charge in [0, 0.05) is 37.1 Å². The van der Waals surface area contributed by atoms with Crippen LogP contribution in [0, 0.1) is 5.92 Å². The highest BCUT2D eigenvalue weighted by Crippen LogP contribution is 2.37. The number of rotatable bonds is 8. The fourth-order valence-corrected chi connectivity index (χ4v) is 3.41. The van der Waals surface area contributed by atoms with Gasteiger partial charge in [-0.2, -0.15) is 0 Å². The van der Waals surface area contributed by atoms with Crippen LogP contribution >= 0.6 is 0 Å². The van der Waals surface area contributed by atoms with Gasteiger partial charge in [-0.3, -0.25) is 0 Å². The van der Waals surface area contributed by atoms with E-state index in [0.717, 1.165) is 18.5 Å². The average Bonchev–Trinajstić information content (AvgIpc) is 3.13. The van der Waals surface area contributed by atoms with Crippen molar-refractivity contribution in [1.82, 2.24) is 14.6 Å². The molecule has 1 aromatic rings. The molecule has 1 fully saturated rings. The van der Waals surface area contributed by atoms with Crippen LogP contribution in [0.3, 0.4) is 0 Å². The van der Waals surface area contributed by atoms with E-state index in [9.17, 15) is 8.42 Å². The van der Waals surface area contributed by atoms with Crippen molar-refractivity contribution < 1.29 is 8.42 Å². The van der Waals surface area contributed by atoms with Crippen LogP contribution in [0.5, 0.6) is 0 Å². The highest BCUT2D eigenvalue weighted by Gasteiger charge is 2.28. The van der Waals surface area contributed by atoms with Crippen LogP contribution in [-0.2, 0) is 16.6 Å². The van der Waals surface area contributed by atoms with Gasteiger partial charge in [0.1, 0.15) is 0 Å². The Morgan fingerprint density at radius 1 is 1.29 bits per heavy atom. The Bertz CT molecular complexity index is 572. The molecule has 0 aliphatic heterocycles. The third kappa shape index (κ3) is 4.56. The average molecular weight is 313 g/mol. The van der Waals surface area contributed by atoms with E-state index in [1.54, 1.807) is 12.3 Å². The summed E-state index contributed by atoms with van der Waals surface area (Å²) in [5.41, 5.74) is 1.05. The molecule has 0 bridgehead atoms. The molecular weight excluding hydrogens is 286 g/mol. The smallest absolute Gasteiger partial charge is 0.242 e. The maximum Gasteiger partial charge on any atom is 0.242 e. The van der Waals surface area contributed by atoms with E-state index in [2.05, 4.69) is 28.5 Å². The zero-order chi connectivity index (χ0) is 15.6. The molecule has 6 heteroatoms. The molecule has 1 saturated carbocycles. The van der Waals surface area contributed by atoms with Gasteiger partial charge >= 0.3 is 0 Å². The monoisotopic (exact) mass is 313 g/mol. The Hall–Kier alpha value is -0.850. The molecule has 2 N–H and O–H groups in total. The Balaban J connectivity index is 2.18. The second kappa shape index (κ2) is 6.50. The van der Waals surface area contributed by atoms with Crippen molar-refractivity contribution in [3.8, 4) is 0 Å². The van der Waals surface area contributed by atoms with Crippen molar-refractivity contribution in [3.63, 3.8) is 0 Å². The van der Waals surface area contributed by atoms with Crippen molar-refractivity contribution >= 4 is 10.0 Å². The molecular formula is C15H27N3O2S. The minimum atomic E-state index is -3.40. The second-order valence-corrected chi connectivity index (χ2v) is 8.35. The molecule has 0 aromatic carbocycles. The molecule has 0 amide bonds. The molecule has 21 heavy (non-hydrogen) atoms. The number of nitrogens with one attached hydrogen (secondary N) is 2. The van der Waals surface area contributed by atoms with Crippen molar-refractivity contribution in [3.05, 3.63) is 18.0 Å². The molecule has 0 spiro atoms. The molecule has 5 nitrogen and oxygen atoms in total. The standard InChI is InChI=1S/C15H27N3O2S/c1-11(2)8-17-21(19,20)15-7-14(9-16-12(3)4)18(10-15)13-5-6-13/h7,10-13,16-17H,5-6,8-9H2,1-4H3. The third-order valence-electron chi connectivity index (χ3n) is 3.53. The molecule has 0 radical (unpaired) electrons.